The second kappa shape index (κ2) is 6.52. The van der Waals surface area contributed by atoms with Gasteiger partial charge in [0, 0.05) is 6.54 Å². The molecule has 0 saturated carbocycles. The summed E-state index contributed by atoms with van der Waals surface area (Å²) in [7, 11) is 0. The summed E-state index contributed by atoms with van der Waals surface area (Å²) in [6, 6.07) is 6.57. The molecule has 1 aromatic carbocycles. The van der Waals surface area contributed by atoms with Crippen molar-refractivity contribution in [2.45, 2.75) is 13.3 Å². The lowest BCUT2D eigenvalue weighted by Gasteiger charge is -2.05. The summed E-state index contributed by atoms with van der Waals surface area (Å²) in [5, 5.41) is 2.41. The Bertz CT molecular complexity index is 387. The van der Waals surface area contributed by atoms with Crippen LogP contribution in [0.5, 0.6) is 0 Å². The number of hydrogen-bond donors (Lipinski definition) is 2. The van der Waals surface area contributed by atoms with Crippen molar-refractivity contribution in [1.29, 1.82) is 0 Å². The Kier molecular flexibility index (Phi) is 5.00. The molecule has 0 fully saturated rings. The number of carbonyl (C=O) groups is 2. The van der Waals surface area contributed by atoms with Crippen molar-refractivity contribution in [3.8, 4) is 0 Å². The molecule has 1 rings (SSSR count). The molecule has 0 bridgehead atoms. The Morgan fingerprint density at radius 3 is 2.53 bits per heavy atom. The van der Waals surface area contributed by atoms with Crippen LogP contribution in [0.2, 0.25) is 0 Å². The first kappa shape index (κ1) is 13.0. The van der Waals surface area contributed by atoms with E-state index < -0.39 is 6.03 Å². The Balaban J connectivity index is 2.25. The Hall–Kier alpha value is -2.04. The number of rotatable bonds is 5. The van der Waals surface area contributed by atoms with Gasteiger partial charge in [0.15, 0.2) is 0 Å². The molecule has 0 spiro atoms. The third kappa shape index (κ3) is 5.01. The van der Waals surface area contributed by atoms with E-state index in [4.69, 9.17) is 10.5 Å². The second-order valence-electron chi connectivity index (χ2n) is 3.65. The van der Waals surface area contributed by atoms with Gasteiger partial charge in [0.05, 0.1) is 12.2 Å². The van der Waals surface area contributed by atoms with Crippen LogP contribution in [0, 0.1) is 6.92 Å². The number of amides is 2. The van der Waals surface area contributed by atoms with Crippen molar-refractivity contribution >= 4 is 12.0 Å². The normalized spacial score (nSPS) is 9.71. The summed E-state index contributed by atoms with van der Waals surface area (Å²) in [4.78, 5) is 21.9. The van der Waals surface area contributed by atoms with Crippen molar-refractivity contribution in [1.82, 2.24) is 5.32 Å². The highest BCUT2D eigenvalue weighted by Gasteiger charge is 2.05. The van der Waals surface area contributed by atoms with Gasteiger partial charge < -0.3 is 15.8 Å². The maximum atomic E-state index is 11.5. The topological polar surface area (TPSA) is 81.4 Å². The number of nitrogens with one attached hydrogen (secondary N) is 1. The highest BCUT2D eigenvalue weighted by Crippen LogP contribution is 2.04. The fraction of sp³-hybridized carbons (Fsp3) is 0.333. The highest BCUT2D eigenvalue weighted by molar-refractivity contribution is 5.89. The number of esters is 1. The Morgan fingerprint density at radius 1 is 1.29 bits per heavy atom. The monoisotopic (exact) mass is 236 g/mol. The summed E-state index contributed by atoms with van der Waals surface area (Å²) in [5.74, 6) is -0.357. The van der Waals surface area contributed by atoms with Gasteiger partial charge in [-0.1, -0.05) is 17.7 Å². The molecular weight excluding hydrogens is 220 g/mol. The van der Waals surface area contributed by atoms with Gasteiger partial charge in [-0.15, -0.1) is 0 Å². The number of urea groups is 1. The number of benzene rings is 1. The third-order valence-electron chi connectivity index (χ3n) is 2.14. The smallest absolute Gasteiger partial charge is 0.338 e. The van der Waals surface area contributed by atoms with Crippen molar-refractivity contribution in [2.24, 2.45) is 5.73 Å². The first-order chi connectivity index (χ1) is 8.09. The minimum atomic E-state index is -0.574. The van der Waals surface area contributed by atoms with Crippen molar-refractivity contribution < 1.29 is 14.3 Å². The van der Waals surface area contributed by atoms with Gasteiger partial charge in [0.2, 0.25) is 0 Å². The van der Waals surface area contributed by atoms with E-state index in [2.05, 4.69) is 5.32 Å². The molecule has 2 amide bonds. The molecule has 5 nitrogen and oxygen atoms in total. The molecule has 1 aromatic rings. The van der Waals surface area contributed by atoms with Gasteiger partial charge in [0.1, 0.15) is 0 Å². The fourth-order valence-electron chi connectivity index (χ4n) is 1.22. The van der Waals surface area contributed by atoms with E-state index in [-0.39, 0.29) is 12.6 Å². The summed E-state index contributed by atoms with van der Waals surface area (Å²) < 4.78 is 5.02. The third-order valence-corrected chi connectivity index (χ3v) is 2.14. The average molecular weight is 236 g/mol. The maximum absolute atomic E-state index is 11.5. The van der Waals surface area contributed by atoms with Crippen LogP contribution in [0.4, 0.5) is 4.79 Å². The van der Waals surface area contributed by atoms with Crippen molar-refractivity contribution in [3.05, 3.63) is 35.4 Å². The van der Waals surface area contributed by atoms with Crippen LogP contribution >= 0.6 is 0 Å². The zero-order valence-corrected chi connectivity index (χ0v) is 9.73. The Labute approximate surface area is 99.9 Å². The quantitative estimate of drug-likeness (QED) is 0.595. The van der Waals surface area contributed by atoms with Crippen LogP contribution in [0.25, 0.3) is 0 Å². The highest BCUT2D eigenvalue weighted by atomic mass is 16.5. The summed E-state index contributed by atoms with van der Waals surface area (Å²) in [6.45, 7) is 2.61. The molecule has 5 heteroatoms. The molecule has 0 unspecified atom stereocenters. The molecule has 0 radical (unpaired) electrons. The van der Waals surface area contributed by atoms with Crippen LogP contribution in [0.3, 0.4) is 0 Å². The standard InChI is InChI=1S/C12H16N2O3/c1-9-3-5-10(6-4-9)11(15)17-8-2-7-14-12(13)16/h3-6H,2,7-8H2,1H3,(H3,13,14,16). The lowest BCUT2D eigenvalue weighted by molar-refractivity contribution is 0.0501. The number of hydrogen-bond acceptors (Lipinski definition) is 3. The molecule has 0 aliphatic carbocycles. The second-order valence-corrected chi connectivity index (χ2v) is 3.65. The van der Waals surface area contributed by atoms with Gasteiger partial charge in [-0.25, -0.2) is 9.59 Å². The van der Waals surface area contributed by atoms with Crippen LogP contribution in [-0.2, 0) is 4.74 Å². The largest absolute Gasteiger partial charge is 0.462 e. The van der Waals surface area contributed by atoms with Gasteiger partial charge in [-0.3, -0.25) is 0 Å². The summed E-state index contributed by atoms with van der Waals surface area (Å²) in [5.41, 5.74) is 6.50. The fourth-order valence-corrected chi connectivity index (χ4v) is 1.22. The van der Waals surface area contributed by atoms with Gasteiger partial charge in [-0.2, -0.15) is 0 Å². The van der Waals surface area contributed by atoms with E-state index in [0.717, 1.165) is 5.56 Å². The maximum Gasteiger partial charge on any atom is 0.338 e. The number of aryl methyl sites for hydroxylation is 1. The molecule has 92 valence electrons. The summed E-state index contributed by atoms with van der Waals surface area (Å²) >= 11 is 0. The van der Waals surface area contributed by atoms with E-state index in [0.29, 0.717) is 18.5 Å². The zero-order valence-electron chi connectivity index (χ0n) is 9.73. The SMILES string of the molecule is Cc1ccc(C(=O)OCCCNC(N)=O)cc1. The number of ether oxygens (including phenoxy) is 1. The first-order valence-corrected chi connectivity index (χ1v) is 5.36. The van der Waals surface area contributed by atoms with Gasteiger partial charge in [-0.05, 0) is 25.5 Å². The minimum Gasteiger partial charge on any atom is -0.462 e. The lowest BCUT2D eigenvalue weighted by atomic mass is 10.1. The number of carbonyl (C=O) groups excluding carboxylic acids is 2. The number of nitrogens with two attached hydrogens (primary N) is 1. The predicted molar refractivity (Wildman–Crippen MR) is 63.7 cm³/mol. The molecule has 17 heavy (non-hydrogen) atoms. The van der Waals surface area contributed by atoms with Crippen LogP contribution in [0.15, 0.2) is 24.3 Å². The van der Waals surface area contributed by atoms with Gasteiger partial charge >= 0.3 is 12.0 Å². The van der Waals surface area contributed by atoms with E-state index >= 15 is 0 Å². The summed E-state index contributed by atoms with van der Waals surface area (Å²) in [6.07, 6.45) is 0.542. The van der Waals surface area contributed by atoms with Crippen LogP contribution in [0.1, 0.15) is 22.3 Å². The minimum absolute atomic E-state index is 0.257. The molecule has 0 atom stereocenters. The molecule has 3 N–H and O–H groups in total. The van der Waals surface area contributed by atoms with E-state index in [9.17, 15) is 9.59 Å². The molecule has 0 heterocycles. The van der Waals surface area contributed by atoms with E-state index in [1.54, 1.807) is 12.1 Å². The zero-order chi connectivity index (χ0) is 12.7. The molecule has 0 aliphatic rings. The molecule has 0 aromatic heterocycles. The van der Waals surface area contributed by atoms with E-state index in [1.807, 2.05) is 19.1 Å². The Morgan fingerprint density at radius 2 is 1.94 bits per heavy atom. The first-order valence-electron chi connectivity index (χ1n) is 5.36. The molecule has 0 aliphatic heterocycles. The van der Waals surface area contributed by atoms with E-state index in [1.165, 1.54) is 0 Å². The molecular formula is C12H16N2O3. The number of primary amides is 1. The van der Waals surface area contributed by atoms with Crippen molar-refractivity contribution in [3.63, 3.8) is 0 Å². The van der Waals surface area contributed by atoms with Crippen molar-refractivity contribution in [2.75, 3.05) is 13.2 Å². The lowest BCUT2D eigenvalue weighted by Crippen LogP contribution is -2.30. The molecule has 0 saturated heterocycles. The average Bonchev–Trinajstić information content (AvgIpc) is 2.29. The van der Waals surface area contributed by atoms with Crippen LogP contribution in [-0.4, -0.2) is 25.2 Å². The van der Waals surface area contributed by atoms with Gasteiger partial charge in [0.25, 0.3) is 0 Å². The predicted octanol–water partition coefficient (Wildman–Crippen LogP) is 1.21. The van der Waals surface area contributed by atoms with Crippen LogP contribution < -0.4 is 11.1 Å².